The Balaban J connectivity index is 0.00000462. The van der Waals surface area contributed by atoms with Gasteiger partial charge >= 0.3 is 0 Å². The molecule has 4 fully saturated rings. The summed E-state index contributed by atoms with van der Waals surface area (Å²) in [6, 6.07) is 31.7. The summed E-state index contributed by atoms with van der Waals surface area (Å²) >= 11 is 0. The van der Waals surface area contributed by atoms with E-state index in [4.69, 9.17) is 11.5 Å². The summed E-state index contributed by atoms with van der Waals surface area (Å²) in [6.07, 6.45) is 6.25. The Bertz CT molecular complexity index is 2830. The maximum atomic E-state index is 14.9. The van der Waals surface area contributed by atoms with Crippen LogP contribution in [-0.2, 0) is 35.3 Å². The molecular formula is C59H74Cl2N12O7. The van der Waals surface area contributed by atoms with Crippen LogP contribution < -0.4 is 38.1 Å². The van der Waals surface area contributed by atoms with E-state index in [1.54, 1.807) is 23.6 Å². The monoisotopic (exact) mass is 1130 g/mol. The average molecular weight is 1130 g/mol. The highest BCUT2D eigenvalue weighted by atomic mass is 35.5. The van der Waals surface area contributed by atoms with Gasteiger partial charge in [-0.15, -0.1) is 29.9 Å². The third kappa shape index (κ3) is 13.7. The molecule has 426 valence electrons. The van der Waals surface area contributed by atoms with E-state index in [-0.39, 0.29) is 73.4 Å². The Labute approximate surface area is 479 Å². The largest absolute Gasteiger partial charge is 0.350 e. The van der Waals surface area contributed by atoms with E-state index < -0.39 is 83.8 Å². The van der Waals surface area contributed by atoms with Gasteiger partial charge in [0.15, 0.2) is 5.69 Å². The van der Waals surface area contributed by atoms with Crippen LogP contribution in [0.1, 0.15) is 123 Å². The van der Waals surface area contributed by atoms with Crippen LogP contribution in [0.2, 0.25) is 0 Å². The molecule has 7 amide bonds. The molecule has 10 atom stereocenters. The first-order chi connectivity index (χ1) is 37.8. The van der Waals surface area contributed by atoms with Crippen LogP contribution in [0.5, 0.6) is 0 Å². The number of carbonyl (C=O) groups is 7. The molecule has 0 bridgehead atoms. The Kier molecular flexibility index (Phi) is 21.0. The Morgan fingerprint density at radius 2 is 0.925 bits per heavy atom. The fraction of sp³-hybridized carbons (Fsp3) is 0.441. The van der Waals surface area contributed by atoms with E-state index in [9.17, 15) is 33.6 Å². The second-order valence-electron chi connectivity index (χ2n) is 21.2. The van der Waals surface area contributed by atoms with Crippen molar-refractivity contribution in [2.45, 2.75) is 145 Å². The molecule has 0 spiro atoms. The summed E-state index contributed by atoms with van der Waals surface area (Å²) in [6.45, 7) is 3.65. The van der Waals surface area contributed by atoms with E-state index in [2.05, 4.69) is 36.9 Å². The lowest BCUT2D eigenvalue weighted by atomic mass is 9.92. The predicted molar refractivity (Wildman–Crippen MR) is 306 cm³/mol. The van der Waals surface area contributed by atoms with E-state index in [0.717, 1.165) is 22.3 Å². The summed E-state index contributed by atoms with van der Waals surface area (Å²) in [5.74, 6) is -4.06. The van der Waals surface area contributed by atoms with Crippen molar-refractivity contribution in [1.82, 2.24) is 51.4 Å². The molecule has 4 aliphatic heterocycles. The van der Waals surface area contributed by atoms with Crippen molar-refractivity contribution in [2.24, 2.45) is 23.3 Å². The number of carbonyl (C=O) groups excluding carboxylic acids is 7. The molecule has 0 radical (unpaired) electrons. The first-order valence-electron chi connectivity index (χ1n) is 27.6. The van der Waals surface area contributed by atoms with Gasteiger partial charge in [-0.1, -0.05) is 140 Å². The van der Waals surface area contributed by atoms with E-state index in [1.165, 1.54) is 10.9 Å². The van der Waals surface area contributed by atoms with Gasteiger partial charge in [-0.25, -0.2) is 0 Å². The average Bonchev–Trinajstić information content (AvgIpc) is 4.30. The molecule has 21 heteroatoms. The highest BCUT2D eigenvalue weighted by molar-refractivity contribution is 5.96. The van der Waals surface area contributed by atoms with Crippen molar-refractivity contribution in [1.29, 1.82) is 0 Å². The quantitative estimate of drug-likeness (QED) is 0.0599. The van der Waals surface area contributed by atoms with Gasteiger partial charge in [-0.3, -0.25) is 38.2 Å². The minimum Gasteiger partial charge on any atom is -0.350 e. The number of benzene rings is 4. The zero-order chi connectivity index (χ0) is 54.9. The molecule has 5 aromatic rings. The molecule has 80 heavy (non-hydrogen) atoms. The lowest BCUT2D eigenvalue weighted by Crippen LogP contribution is -2.59. The maximum Gasteiger partial charge on any atom is 0.273 e. The van der Waals surface area contributed by atoms with Crippen LogP contribution in [0.3, 0.4) is 0 Å². The number of hydrogen-bond acceptors (Lipinski definition) is 11. The van der Waals surface area contributed by atoms with Crippen molar-refractivity contribution in [3.05, 3.63) is 155 Å². The smallest absolute Gasteiger partial charge is 0.273 e. The molecule has 0 unspecified atom stereocenters. The van der Waals surface area contributed by atoms with Crippen molar-refractivity contribution < 1.29 is 33.6 Å². The number of aromatic nitrogens is 3. The summed E-state index contributed by atoms with van der Waals surface area (Å²) < 4.78 is 1.47. The normalized spacial score (nSPS) is 23.2. The summed E-state index contributed by atoms with van der Waals surface area (Å²) in [7, 11) is 0. The summed E-state index contributed by atoms with van der Waals surface area (Å²) in [4.78, 5) is 103. The molecule has 9 rings (SSSR count). The Hall–Kier alpha value is -7.19. The van der Waals surface area contributed by atoms with Crippen LogP contribution >= 0.6 is 24.8 Å². The van der Waals surface area contributed by atoms with Crippen LogP contribution in [0.25, 0.3) is 0 Å². The van der Waals surface area contributed by atoms with Crippen LogP contribution in [0.4, 0.5) is 0 Å². The van der Waals surface area contributed by atoms with Gasteiger partial charge in [0, 0.05) is 37.0 Å². The van der Waals surface area contributed by atoms with Gasteiger partial charge in [0.25, 0.3) is 5.91 Å². The molecule has 19 nitrogen and oxygen atoms in total. The third-order valence-electron chi connectivity index (χ3n) is 16.3. The van der Waals surface area contributed by atoms with Gasteiger partial charge in [0.05, 0.1) is 30.4 Å². The van der Waals surface area contributed by atoms with Crippen LogP contribution in [-0.4, -0.2) is 121 Å². The van der Waals surface area contributed by atoms with Crippen molar-refractivity contribution in [3.8, 4) is 0 Å². The highest BCUT2D eigenvalue weighted by Gasteiger charge is 2.50. The van der Waals surface area contributed by atoms with Crippen molar-refractivity contribution in [3.63, 3.8) is 0 Å². The number of amides is 7. The van der Waals surface area contributed by atoms with Gasteiger partial charge < -0.3 is 47.9 Å². The maximum absolute atomic E-state index is 14.9. The van der Waals surface area contributed by atoms with Gasteiger partial charge in [-0.2, -0.15) is 0 Å². The number of nitrogens with two attached hydrogens (primary N) is 2. The van der Waals surface area contributed by atoms with Crippen molar-refractivity contribution in [2.75, 3.05) is 6.54 Å². The topological polar surface area (TPSA) is 269 Å². The number of fused-ring (bicyclic) bond motifs is 2. The predicted octanol–water partition coefficient (Wildman–Crippen LogP) is 4.65. The fourth-order valence-electron chi connectivity index (χ4n) is 11.9. The van der Waals surface area contributed by atoms with Crippen LogP contribution in [0, 0.1) is 11.8 Å². The lowest BCUT2D eigenvalue weighted by molar-refractivity contribution is -0.143. The summed E-state index contributed by atoms with van der Waals surface area (Å²) in [5, 5.41) is 23.8. The second kappa shape index (κ2) is 27.8. The van der Waals surface area contributed by atoms with Gasteiger partial charge in [-0.05, 0) is 86.5 Å². The fourth-order valence-corrected chi connectivity index (χ4v) is 11.9. The first kappa shape index (κ1) is 60.5. The van der Waals surface area contributed by atoms with Crippen LogP contribution in [0.15, 0.2) is 128 Å². The van der Waals surface area contributed by atoms with Gasteiger partial charge in [0.2, 0.25) is 35.4 Å². The molecule has 5 heterocycles. The standard InChI is InChI=1S/C59H72N12O7.2ClH/c1-3-44(60)53(72)65-51-40(25-27-42-29-31-47(70(42)58(51)77)56(75)63-49(36-17-9-5-10-18-36)37-19-11-6-12-20-37)33-62-55(74)46-35-69(68-67-46)34-41-26-28-43-30-32-48(71(43)59(78)52(41)66-54(73)45(61)4-2)57(76)64-50(38-21-13-7-14-22-38)39-23-15-8-16-24-39;;/h5-24,35,40-45,47-52H,3-4,25-34,60-61H2,1-2H3,(H,62,74)(H,63,75)(H,64,76)(H,65,72)(H,66,73);2*1H/t40-,41-,42+,43+,44+,45+,47+,48+,51+,52+;;/m1../s1. The highest BCUT2D eigenvalue weighted by Crippen LogP contribution is 2.37. The number of nitrogens with one attached hydrogen (secondary N) is 5. The molecule has 1 aromatic heterocycles. The zero-order valence-electron chi connectivity index (χ0n) is 45.1. The number of halogens is 2. The molecule has 0 aliphatic carbocycles. The first-order valence-corrected chi connectivity index (χ1v) is 27.6. The zero-order valence-corrected chi connectivity index (χ0v) is 46.7. The number of hydrogen-bond donors (Lipinski definition) is 7. The molecule has 4 saturated heterocycles. The molecule has 4 aliphatic rings. The van der Waals surface area contributed by atoms with Crippen molar-refractivity contribution >= 4 is 66.2 Å². The number of rotatable bonds is 19. The number of nitrogens with zero attached hydrogens (tertiary/aromatic N) is 5. The molecular weight excluding hydrogens is 1060 g/mol. The Morgan fingerprint density at radius 1 is 0.550 bits per heavy atom. The minimum atomic E-state index is -1.10. The SMILES string of the molecule is CC[C@H](N)C(=O)N[C@@H]1C(=O)N2[C@@H](CC[C@@H]1CNC(=O)c1cn(C[C@H]3CC[C@H]4CC[C@@H](C(=O)NC(c5ccccc5)c5ccccc5)N4C(=O)[C@H]3NC(=O)[C@@H](N)CC)nn1)CC[C@H]2C(=O)NC(c1ccccc1)c1ccccc1.Cl.Cl. The summed E-state index contributed by atoms with van der Waals surface area (Å²) in [5.41, 5.74) is 15.9. The third-order valence-corrected chi connectivity index (χ3v) is 16.3. The minimum absolute atomic E-state index is 0. The van der Waals surface area contributed by atoms with Gasteiger partial charge in [0.1, 0.15) is 24.2 Å². The molecule has 4 aromatic carbocycles. The van der Waals surface area contributed by atoms with E-state index >= 15 is 0 Å². The van der Waals surface area contributed by atoms with E-state index in [1.807, 2.05) is 121 Å². The Morgan fingerprint density at radius 3 is 1.32 bits per heavy atom. The molecule has 9 N–H and O–H groups in total. The molecule has 0 saturated carbocycles. The lowest BCUT2D eigenvalue weighted by Gasteiger charge is -2.33. The van der Waals surface area contributed by atoms with E-state index in [0.29, 0.717) is 64.2 Å². The second-order valence-corrected chi connectivity index (χ2v) is 21.2.